The van der Waals surface area contributed by atoms with Crippen LogP contribution in [0, 0.1) is 11.8 Å². The molecule has 1 heterocycles. The third kappa shape index (κ3) is 3.81. The highest BCUT2D eigenvalue weighted by Gasteiger charge is 2.27. The first kappa shape index (κ1) is 13.0. The molecule has 0 unspecified atom stereocenters. The fourth-order valence-corrected chi connectivity index (χ4v) is 1.75. The Morgan fingerprint density at radius 2 is 2.19 bits per heavy atom. The normalized spacial score (nSPS) is 22.1. The molecule has 1 aliphatic heterocycles. The number of hydrogen-bond acceptors (Lipinski definition) is 3. The van der Waals surface area contributed by atoms with Crippen molar-refractivity contribution in [2.75, 3.05) is 13.2 Å². The molecule has 2 amide bonds. The summed E-state index contributed by atoms with van der Waals surface area (Å²) < 4.78 is 5.12. The summed E-state index contributed by atoms with van der Waals surface area (Å²) in [6.45, 7) is 5.03. The highest BCUT2D eigenvalue weighted by atomic mass is 16.5. The number of amides is 2. The summed E-state index contributed by atoms with van der Waals surface area (Å²) in [5.41, 5.74) is 5.25. The number of carbonyl (C=O) groups excluding carboxylic acids is 2. The van der Waals surface area contributed by atoms with Gasteiger partial charge in [0.1, 0.15) is 6.04 Å². The van der Waals surface area contributed by atoms with Gasteiger partial charge in [-0.05, 0) is 18.8 Å². The van der Waals surface area contributed by atoms with Gasteiger partial charge in [0.15, 0.2) is 0 Å². The third-order valence-corrected chi connectivity index (χ3v) is 2.67. The van der Waals surface area contributed by atoms with Crippen LogP contribution >= 0.6 is 0 Å². The molecule has 0 spiro atoms. The van der Waals surface area contributed by atoms with Gasteiger partial charge in [0.25, 0.3) is 0 Å². The Kier molecular flexibility index (Phi) is 4.73. The number of primary amides is 1. The molecule has 0 aromatic heterocycles. The van der Waals surface area contributed by atoms with E-state index < -0.39 is 11.9 Å². The van der Waals surface area contributed by atoms with Gasteiger partial charge in [0, 0.05) is 6.61 Å². The van der Waals surface area contributed by atoms with Crippen LogP contribution in [0.15, 0.2) is 0 Å². The Labute approximate surface area is 95.7 Å². The van der Waals surface area contributed by atoms with Crippen LogP contribution in [0.25, 0.3) is 0 Å². The van der Waals surface area contributed by atoms with Gasteiger partial charge in [-0.3, -0.25) is 9.59 Å². The molecular formula is C11H20N2O3. The first-order valence-corrected chi connectivity index (χ1v) is 5.68. The first-order chi connectivity index (χ1) is 7.50. The first-order valence-electron chi connectivity index (χ1n) is 5.68. The minimum absolute atomic E-state index is 0.123. The predicted octanol–water partition coefficient (Wildman–Crippen LogP) is 0.0391. The summed E-state index contributed by atoms with van der Waals surface area (Å²) in [6.07, 6.45) is 1.30. The molecule has 0 bridgehead atoms. The summed E-state index contributed by atoms with van der Waals surface area (Å²) in [6, 6.07) is -0.562. The molecule has 0 saturated carbocycles. The van der Waals surface area contributed by atoms with Crippen molar-refractivity contribution < 1.29 is 14.3 Å². The van der Waals surface area contributed by atoms with Crippen molar-refractivity contribution in [3.05, 3.63) is 0 Å². The van der Waals surface area contributed by atoms with Crippen molar-refractivity contribution >= 4 is 11.8 Å². The second kappa shape index (κ2) is 5.84. The zero-order valence-corrected chi connectivity index (χ0v) is 9.86. The van der Waals surface area contributed by atoms with E-state index in [1.165, 1.54) is 0 Å². The van der Waals surface area contributed by atoms with Crippen LogP contribution in [0.4, 0.5) is 0 Å². The van der Waals surface area contributed by atoms with Gasteiger partial charge in [0.2, 0.25) is 11.8 Å². The van der Waals surface area contributed by atoms with Gasteiger partial charge in [-0.15, -0.1) is 0 Å². The van der Waals surface area contributed by atoms with Gasteiger partial charge < -0.3 is 15.8 Å². The monoisotopic (exact) mass is 228 g/mol. The van der Waals surface area contributed by atoms with Crippen molar-refractivity contribution in [2.45, 2.75) is 32.7 Å². The second-order valence-electron chi connectivity index (χ2n) is 4.65. The van der Waals surface area contributed by atoms with E-state index in [9.17, 15) is 9.59 Å². The Morgan fingerprint density at radius 1 is 1.50 bits per heavy atom. The lowest BCUT2D eigenvalue weighted by Gasteiger charge is -2.19. The Bertz CT molecular complexity index is 260. The number of rotatable bonds is 5. The molecule has 2 atom stereocenters. The van der Waals surface area contributed by atoms with Crippen LogP contribution in [-0.2, 0) is 14.3 Å². The van der Waals surface area contributed by atoms with E-state index in [0.29, 0.717) is 25.6 Å². The minimum atomic E-state index is -0.562. The largest absolute Gasteiger partial charge is 0.381 e. The quantitative estimate of drug-likeness (QED) is 0.697. The van der Waals surface area contributed by atoms with E-state index in [2.05, 4.69) is 5.32 Å². The molecule has 0 aromatic carbocycles. The fourth-order valence-electron chi connectivity index (χ4n) is 1.75. The molecule has 3 N–H and O–H groups in total. The van der Waals surface area contributed by atoms with E-state index in [1.54, 1.807) is 0 Å². The van der Waals surface area contributed by atoms with Crippen molar-refractivity contribution in [1.82, 2.24) is 5.32 Å². The zero-order valence-electron chi connectivity index (χ0n) is 9.86. The Balaban J connectivity index is 2.47. The Morgan fingerprint density at radius 3 is 2.62 bits per heavy atom. The summed E-state index contributed by atoms with van der Waals surface area (Å²) in [5.74, 6) is -0.408. The maximum Gasteiger partial charge on any atom is 0.240 e. The van der Waals surface area contributed by atoms with Gasteiger partial charge in [-0.2, -0.15) is 0 Å². The van der Waals surface area contributed by atoms with Gasteiger partial charge in [-0.25, -0.2) is 0 Å². The third-order valence-electron chi connectivity index (χ3n) is 2.67. The van der Waals surface area contributed by atoms with Crippen LogP contribution in [0.1, 0.15) is 26.7 Å². The molecule has 16 heavy (non-hydrogen) atoms. The van der Waals surface area contributed by atoms with Crippen molar-refractivity contribution in [2.24, 2.45) is 17.6 Å². The van der Waals surface area contributed by atoms with Crippen LogP contribution < -0.4 is 11.1 Å². The van der Waals surface area contributed by atoms with Gasteiger partial charge in [0.05, 0.1) is 12.5 Å². The van der Waals surface area contributed by atoms with Crippen molar-refractivity contribution in [1.29, 1.82) is 0 Å². The van der Waals surface area contributed by atoms with Crippen LogP contribution in [-0.4, -0.2) is 31.1 Å². The summed E-state index contributed by atoms with van der Waals surface area (Å²) in [7, 11) is 0. The number of nitrogens with one attached hydrogen (secondary N) is 1. The molecule has 0 aliphatic carbocycles. The van der Waals surface area contributed by atoms with E-state index in [1.807, 2.05) is 13.8 Å². The fraction of sp³-hybridized carbons (Fsp3) is 0.818. The molecule has 0 radical (unpaired) electrons. The molecule has 5 nitrogen and oxygen atoms in total. The number of hydrogen-bond donors (Lipinski definition) is 2. The lowest BCUT2D eigenvalue weighted by Crippen LogP contribution is -2.47. The molecular weight excluding hydrogens is 208 g/mol. The molecule has 0 aromatic rings. The standard InChI is InChI=1S/C11H20N2O3/c1-7(2)5-9(10(12)14)13-11(15)8-3-4-16-6-8/h7-9H,3-6H2,1-2H3,(H2,12,14)(H,13,15)/t8-,9+/m1/s1. The molecule has 1 saturated heterocycles. The van der Waals surface area contributed by atoms with Crippen LogP contribution in [0.2, 0.25) is 0 Å². The van der Waals surface area contributed by atoms with Crippen LogP contribution in [0.3, 0.4) is 0 Å². The smallest absolute Gasteiger partial charge is 0.240 e. The molecule has 1 fully saturated rings. The summed E-state index contributed by atoms with van der Waals surface area (Å²) in [4.78, 5) is 22.9. The maximum absolute atomic E-state index is 11.7. The lowest BCUT2D eigenvalue weighted by molar-refractivity contribution is -0.130. The van der Waals surface area contributed by atoms with Gasteiger partial charge in [-0.1, -0.05) is 13.8 Å². The van der Waals surface area contributed by atoms with Crippen LogP contribution in [0.5, 0.6) is 0 Å². The molecule has 5 heteroatoms. The second-order valence-corrected chi connectivity index (χ2v) is 4.65. The van der Waals surface area contributed by atoms with Crippen molar-refractivity contribution in [3.8, 4) is 0 Å². The highest BCUT2D eigenvalue weighted by Crippen LogP contribution is 2.13. The average Bonchev–Trinajstić information content (AvgIpc) is 2.68. The van der Waals surface area contributed by atoms with E-state index >= 15 is 0 Å². The zero-order chi connectivity index (χ0) is 12.1. The number of ether oxygens (including phenoxy) is 1. The van der Waals surface area contributed by atoms with Crippen molar-refractivity contribution in [3.63, 3.8) is 0 Å². The van der Waals surface area contributed by atoms with E-state index in [-0.39, 0.29) is 11.8 Å². The van der Waals surface area contributed by atoms with E-state index in [4.69, 9.17) is 10.5 Å². The SMILES string of the molecule is CC(C)C[C@H](NC(=O)[C@@H]1CCOC1)C(N)=O. The van der Waals surface area contributed by atoms with Gasteiger partial charge >= 0.3 is 0 Å². The summed E-state index contributed by atoms with van der Waals surface area (Å²) in [5, 5.41) is 2.70. The lowest BCUT2D eigenvalue weighted by atomic mass is 10.0. The van der Waals surface area contributed by atoms with E-state index in [0.717, 1.165) is 6.42 Å². The number of carbonyl (C=O) groups is 2. The Hall–Kier alpha value is -1.10. The number of nitrogens with two attached hydrogens (primary N) is 1. The summed E-state index contributed by atoms with van der Waals surface area (Å²) >= 11 is 0. The topological polar surface area (TPSA) is 81.4 Å². The maximum atomic E-state index is 11.7. The minimum Gasteiger partial charge on any atom is -0.381 e. The highest BCUT2D eigenvalue weighted by molar-refractivity contribution is 5.87. The molecule has 1 aliphatic rings. The molecule has 92 valence electrons. The average molecular weight is 228 g/mol. The predicted molar refractivity (Wildman–Crippen MR) is 59.5 cm³/mol. The molecule has 1 rings (SSSR count).